The molecule has 1 amide bonds. The van der Waals surface area contributed by atoms with Gasteiger partial charge in [0.2, 0.25) is 5.88 Å². The molecule has 0 saturated carbocycles. The minimum absolute atomic E-state index is 0.0499. The molecule has 140 valence electrons. The van der Waals surface area contributed by atoms with Gasteiger partial charge in [0.05, 0.1) is 16.6 Å². The van der Waals surface area contributed by atoms with E-state index in [1.807, 2.05) is 60.7 Å². The number of fused-ring (bicyclic) bond motifs is 1. The van der Waals surface area contributed by atoms with Gasteiger partial charge in [-0.05, 0) is 30.3 Å². The van der Waals surface area contributed by atoms with Crippen molar-refractivity contribution in [3.8, 4) is 11.6 Å². The first-order chi connectivity index (χ1) is 14.2. The topological polar surface area (TPSA) is 79.8 Å². The van der Waals surface area contributed by atoms with Gasteiger partial charge in [0, 0.05) is 11.4 Å². The Balaban J connectivity index is 1.84. The van der Waals surface area contributed by atoms with Crippen molar-refractivity contribution in [3.63, 3.8) is 0 Å². The highest BCUT2D eigenvalue weighted by Gasteiger charge is 2.26. The molecular formula is C22H14N4O2S. The van der Waals surface area contributed by atoms with Crippen LogP contribution in [0.1, 0.15) is 4.88 Å². The number of amides is 1. The molecule has 1 N–H and O–H groups in total. The highest BCUT2D eigenvalue weighted by molar-refractivity contribution is 7.11. The molecule has 6 nitrogen and oxygen atoms in total. The lowest BCUT2D eigenvalue weighted by atomic mass is 10.1. The fourth-order valence-electron chi connectivity index (χ4n) is 3.22. The van der Waals surface area contributed by atoms with E-state index in [9.17, 15) is 9.90 Å². The van der Waals surface area contributed by atoms with Crippen LogP contribution in [0.4, 0.5) is 5.82 Å². The lowest BCUT2D eigenvalue weighted by Crippen LogP contribution is -2.22. The maximum atomic E-state index is 12.6. The summed E-state index contributed by atoms with van der Waals surface area (Å²) in [5, 5.41) is 12.4. The van der Waals surface area contributed by atoms with E-state index in [0.717, 1.165) is 5.69 Å². The minimum Gasteiger partial charge on any atom is -0.493 e. The standard InChI is InChI=1S/C22H14N4O2S/c27-20-18(15-10-4-5-11-16(15)24-20)19-21(28)26(14-8-2-1-3-9-14)22(29-19)25-17-12-6-7-13-23-17/h1-13,28H/b25-22+. The van der Waals surface area contributed by atoms with E-state index in [-0.39, 0.29) is 11.8 Å². The van der Waals surface area contributed by atoms with Gasteiger partial charge in [-0.1, -0.05) is 53.8 Å². The van der Waals surface area contributed by atoms with Gasteiger partial charge in [-0.15, -0.1) is 0 Å². The maximum absolute atomic E-state index is 12.6. The number of carbonyl (C=O) groups is 1. The highest BCUT2D eigenvalue weighted by Crippen LogP contribution is 2.30. The molecule has 0 unspecified atom stereocenters. The van der Waals surface area contributed by atoms with Crippen LogP contribution in [0, 0.1) is 0 Å². The van der Waals surface area contributed by atoms with Crippen molar-refractivity contribution in [2.45, 2.75) is 0 Å². The number of thiazole rings is 1. The molecule has 0 bridgehead atoms. The Hall–Kier alpha value is -3.84. The van der Waals surface area contributed by atoms with Crippen LogP contribution in [0.25, 0.3) is 11.3 Å². The van der Waals surface area contributed by atoms with Crippen LogP contribution in [0.5, 0.6) is 5.88 Å². The summed E-state index contributed by atoms with van der Waals surface area (Å²) in [7, 11) is 0. The second-order valence-electron chi connectivity index (χ2n) is 6.32. The second-order valence-corrected chi connectivity index (χ2v) is 7.29. The Labute approximate surface area is 169 Å². The number of benzene rings is 2. The van der Waals surface area contributed by atoms with Gasteiger partial charge in [0.15, 0.2) is 10.6 Å². The van der Waals surface area contributed by atoms with Gasteiger partial charge in [-0.2, -0.15) is 0 Å². The molecule has 3 heterocycles. The van der Waals surface area contributed by atoms with Crippen molar-refractivity contribution in [2.75, 3.05) is 0 Å². The lowest BCUT2D eigenvalue weighted by Gasteiger charge is -2.05. The number of aromatic nitrogens is 2. The first-order valence-corrected chi connectivity index (χ1v) is 9.73. The zero-order valence-electron chi connectivity index (χ0n) is 15.1. The van der Waals surface area contributed by atoms with Gasteiger partial charge in [0.25, 0.3) is 5.91 Å². The van der Waals surface area contributed by atoms with E-state index >= 15 is 0 Å². The SMILES string of the molecule is O=C1N=c2ccccc2=C1c1s/c(=N/c2ccccn2)n(-c2ccccc2)c1O. The molecule has 0 spiro atoms. The van der Waals surface area contributed by atoms with Crippen LogP contribution in [0.15, 0.2) is 89.0 Å². The number of carbonyl (C=O) groups excluding carboxylic acids is 1. The number of pyridine rings is 1. The molecule has 7 heteroatoms. The average molecular weight is 398 g/mol. The van der Waals surface area contributed by atoms with E-state index in [1.54, 1.807) is 22.9 Å². The molecule has 2 aromatic heterocycles. The minimum atomic E-state index is -0.368. The Morgan fingerprint density at radius 1 is 0.931 bits per heavy atom. The summed E-state index contributed by atoms with van der Waals surface area (Å²) in [6.45, 7) is 0. The van der Waals surface area contributed by atoms with Gasteiger partial charge in [-0.3, -0.25) is 9.36 Å². The monoisotopic (exact) mass is 398 g/mol. The van der Waals surface area contributed by atoms with Crippen molar-refractivity contribution in [1.82, 2.24) is 9.55 Å². The molecule has 4 aromatic rings. The summed E-state index contributed by atoms with van der Waals surface area (Å²) in [6.07, 6.45) is 1.66. The van der Waals surface area contributed by atoms with Crippen molar-refractivity contribution in [3.05, 3.63) is 99.2 Å². The smallest absolute Gasteiger partial charge is 0.279 e. The lowest BCUT2D eigenvalue weighted by molar-refractivity contribution is -0.112. The molecule has 0 radical (unpaired) electrons. The fraction of sp³-hybridized carbons (Fsp3) is 0. The van der Waals surface area contributed by atoms with Crippen LogP contribution in [-0.4, -0.2) is 20.6 Å². The number of para-hydroxylation sites is 2. The van der Waals surface area contributed by atoms with Gasteiger partial charge >= 0.3 is 0 Å². The zero-order chi connectivity index (χ0) is 19.8. The molecule has 5 rings (SSSR count). The molecule has 0 fully saturated rings. The average Bonchev–Trinajstić information content (AvgIpc) is 3.24. The molecular weight excluding hydrogens is 384 g/mol. The van der Waals surface area contributed by atoms with Gasteiger partial charge < -0.3 is 5.11 Å². The van der Waals surface area contributed by atoms with Crippen LogP contribution in [-0.2, 0) is 4.79 Å². The summed E-state index contributed by atoms with van der Waals surface area (Å²) in [6, 6.07) is 22.1. The van der Waals surface area contributed by atoms with Crippen LogP contribution >= 0.6 is 11.3 Å². The summed E-state index contributed by atoms with van der Waals surface area (Å²) < 4.78 is 1.62. The summed E-state index contributed by atoms with van der Waals surface area (Å²) >= 11 is 1.23. The Morgan fingerprint density at radius 2 is 1.69 bits per heavy atom. The van der Waals surface area contributed by atoms with Crippen LogP contribution < -0.4 is 15.4 Å². The van der Waals surface area contributed by atoms with Crippen molar-refractivity contribution in [1.29, 1.82) is 0 Å². The quantitative estimate of drug-likeness (QED) is 0.575. The zero-order valence-corrected chi connectivity index (χ0v) is 15.9. The maximum Gasteiger partial charge on any atom is 0.279 e. The van der Waals surface area contributed by atoms with E-state index in [2.05, 4.69) is 15.0 Å². The molecule has 2 aromatic carbocycles. The first kappa shape index (κ1) is 17.3. The van der Waals surface area contributed by atoms with Crippen molar-refractivity contribution < 1.29 is 9.90 Å². The van der Waals surface area contributed by atoms with Crippen LogP contribution in [0.2, 0.25) is 0 Å². The summed E-state index contributed by atoms with van der Waals surface area (Å²) in [5.41, 5.74) is 1.12. The van der Waals surface area contributed by atoms with E-state index in [4.69, 9.17) is 0 Å². The molecule has 0 atom stereocenters. The second kappa shape index (κ2) is 6.96. The summed E-state index contributed by atoms with van der Waals surface area (Å²) in [5.74, 6) is 0.0938. The first-order valence-electron chi connectivity index (χ1n) is 8.91. The largest absolute Gasteiger partial charge is 0.493 e. The number of hydrogen-bond donors (Lipinski definition) is 1. The molecule has 29 heavy (non-hydrogen) atoms. The number of aromatic hydroxyl groups is 1. The normalized spacial score (nSPS) is 13.4. The Kier molecular flexibility index (Phi) is 4.14. The number of rotatable bonds is 3. The third kappa shape index (κ3) is 2.97. The Bertz CT molecular complexity index is 1420. The molecule has 1 aliphatic heterocycles. The van der Waals surface area contributed by atoms with Crippen molar-refractivity contribution >= 4 is 28.6 Å². The van der Waals surface area contributed by atoms with Crippen LogP contribution in [0.3, 0.4) is 0 Å². The predicted octanol–water partition coefficient (Wildman–Crippen LogP) is 2.23. The molecule has 1 aliphatic rings. The number of hydrogen-bond acceptors (Lipinski definition) is 5. The Morgan fingerprint density at radius 3 is 2.48 bits per heavy atom. The highest BCUT2D eigenvalue weighted by atomic mass is 32.1. The van der Waals surface area contributed by atoms with Crippen molar-refractivity contribution in [2.24, 2.45) is 9.98 Å². The molecule has 0 saturated heterocycles. The number of nitrogens with zero attached hydrogens (tertiary/aromatic N) is 4. The van der Waals surface area contributed by atoms with E-state index < -0.39 is 0 Å². The fourth-order valence-corrected chi connectivity index (χ4v) is 4.31. The van der Waals surface area contributed by atoms with E-state index in [1.165, 1.54) is 11.3 Å². The predicted molar refractivity (Wildman–Crippen MR) is 110 cm³/mol. The van der Waals surface area contributed by atoms with E-state index in [0.29, 0.717) is 31.6 Å². The third-order valence-corrected chi connectivity index (χ3v) is 5.56. The molecule has 0 aliphatic carbocycles. The van der Waals surface area contributed by atoms with Gasteiger partial charge in [0.1, 0.15) is 4.88 Å². The van der Waals surface area contributed by atoms with Gasteiger partial charge in [-0.25, -0.2) is 15.0 Å². The third-order valence-electron chi connectivity index (χ3n) is 4.51. The summed E-state index contributed by atoms with van der Waals surface area (Å²) in [4.78, 5) is 26.5.